The van der Waals surface area contributed by atoms with Gasteiger partial charge in [-0.2, -0.15) is 0 Å². The fraction of sp³-hybridized carbons (Fsp3) is 0.214. The molecule has 1 aromatic heterocycles. The van der Waals surface area contributed by atoms with E-state index in [4.69, 9.17) is 0 Å². The lowest BCUT2D eigenvalue weighted by Crippen LogP contribution is -2.22. The second-order valence-corrected chi connectivity index (χ2v) is 4.28. The minimum atomic E-state index is -1.17. The lowest BCUT2D eigenvalue weighted by Gasteiger charge is -2.10. The average molecular weight is 246 g/mol. The molecule has 0 spiro atoms. The average Bonchev–Trinajstić information content (AvgIpc) is 2.60. The van der Waals surface area contributed by atoms with Crippen LogP contribution in [0.15, 0.2) is 30.3 Å². The van der Waals surface area contributed by atoms with E-state index in [1.807, 2.05) is 11.5 Å². The zero-order valence-corrected chi connectivity index (χ0v) is 10.2. The van der Waals surface area contributed by atoms with Crippen LogP contribution in [-0.2, 0) is 6.54 Å². The van der Waals surface area contributed by atoms with Gasteiger partial charge in [-0.3, -0.25) is 0 Å². The van der Waals surface area contributed by atoms with Crippen molar-refractivity contribution in [1.29, 1.82) is 0 Å². The maximum absolute atomic E-state index is 12.8. The van der Waals surface area contributed by atoms with E-state index < -0.39 is 5.97 Å². The summed E-state index contributed by atoms with van der Waals surface area (Å²) in [4.78, 5) is 10.9. The molecule has 0 unspecified atom stereocenters. The van der Waals surface area contributed by atoms with Crippen LogP contribution < -0.4 is 5.11 Å². The molecule has 0 bridgehead atoms. The van der Waals surface area contributed by atoms with Crippen LogP contribution >= 0.6 is 0 Å². The summed E-state index contributed by atoms with van der Waals surface area (Å²) in [5.41, 5.74) is 2.62. The van der Waals surface area contributed by atoms with Crippen molar-refractivity contribution in [1.82, 2.24) is 4.57 Å². The van der Waals surface area contributed by atoms with Crippen LogP contribution in [0.3, 0.4) is 0 Å². The molecule has 0 atom stereocenters. The Balaban J connectivity index is 2.34. The maximum atomic E-state index is 12.8. The first-order chi connectivity index (χ1) is 8.49. The topological polar surface area (TPSA) is 45.1 Å². The predicted molar refractivity (Wildman–Crippen MR) is 63.7 cm³/mol. The molecule has 1 heterocycles. The molecule has 1 aromatic carbocycles. The van der Waals surface area contributed by atoms with Gasteiger partial charge in [0.05, 0.1) is 5.97 Å². The summed E-state index contributed by atoms with van der Waals surface area (Å²) in [5.74, 6) is -1.46. The van der Waals surface area contributed by atoms with E-state index >= 15 is 0 Å². The van der Waals surface area contributed by atoms with Crippen molar-refractivity contribution in [3.05, 3.63) is 58.7 Å². The quantitative estimate of drug-likeness (QED) is 0.826. The molecule has 94 valence electrons. The molecule has 0 fully saturated rings. The van der Waals surface area contributed by atoms with E-state index in [1.165, 1.54) is 12.1 Å². The highest BCUT2D eigenvalue weighted by Crippen LogP contribution is 2.16. The van der Waals surface area contributed by atoms with E-state index in [0.717, 1.165) is 11.3 Å². The summed E-state index contributed by atoms with van der Waals surface area (Å²) >= 11 is 0. The number of nitrogens with zero attached hydrogens (tertiary/aromatic N) is 1. The summed E-state index contributed by atoms with van der Waals surface area (Å²) in [6.45, 7) is 4.09. The number of hydrogen-bond donors (Lipinski definition) is 0. The van der Waals surface area contributed by atoms with Gasteiger partial charge in [0.2, 0.25) is 0 Å². The largest absolute Gasteiger partial charge is 0.545 e. The Hall–Kier alpha value is -2.10. The number of benzene rings is 1. The molecule has 0 N–H and O–H groups in total. The first-order valence-corrected chi connectivity index (χ1v) is 5.61. The molecule has 0 saturated heterocycles. The minimum Gasteiger partial charge on any atom is -0.545 e. The number of hydrogen-bond acceptors (Lipinski definition) is 2. The number of halogens is 1. The molecule has 4 heteroatoms. The second-order valence-electron chi connectivity index (χ2n) is 4.28. The van der Waals surface area contributed by atoms with E-state index in [2.05, 4.69) is 0 Å². The highest BCUT2D eigenvalue weighted by molar-refractivity contribution is 5.87. The first kappa shape index (κ1) is 12.4. The van der Waals surface area contributed by atoms with Crippen LogP contribution in [-0.4, -0.2) is 10.5 Å². The third-order valence-corrected chi connectivity index (χ3v) is 3.05. The van der Waals surface area contributed by atoms with Gasteiger partial charge in [-0.1, -0.05) is 12.1 Å². The Labute approximate surface area is 104 Å². The summed E-state index contributed by atoms with van der Waals surface area (Å²) in [6.07, 6.45) is 0. The molecule has 2 aromatic rings. The van der Waals surface area contributed by atoms with Crippen molar-refractivity contribution < 1.29 is 14.3 Å². The summed E-state index contributed by atoms with van der Waals surface area (Å²) in [7, 11) is 0. The molecule has 3 nitrogen and oxygen atoms in total. The molecular formula is C14H13FNO2-. The number of carboxylic acid groups (broad SMARTS) is 1. The van der Waals surface area contributed by atoms with Gasteiger partial charge in [0.25, 0.3) is 0 Å². The molecule has 0 saturated carbocycles. The number of aryl methyl sites for hydroxylation is 1. The van der Waals surface area contributed by atoms with E-state index in [0.29, 0.717) is 12.2 Å². The number of carbonyl (C=O) groups is 1. The Morgan fingerprint density at radius 1 is 1.28 bits per heavy atom. The zero-order valence-electron chi connectivity index (χ0n) is 10.2. The Bertz CT molecular complexity index is 585. The van der Waals surface area contributed by atoms with Crippen LogP contribution in [0.1, 0.15) is 27.3 Å². The van der Waals surface area contributed by atoms with Gasteiger partial charge in [-0.15, -0.1) is 0 Å². The van der Waals surface area contributed by atoms with Crippen LogP contribution in [0.25, 0.3) is 0 Å². The third-order valence-electron chi connectivity index (χ3n) is 3.05. The highest BCUT2D eigenvalue weighted by Gasteiger charge is 2.09. The Morgan fingerprint density at radius 3 is 2.39 bits per heavy atom. The highest BCUT2D eigenvalue weighted by atomic mass is 19.1. The summed E-state index contributed by atoms with van der Waals surface area (Å²) in [6, 6.07) is 7.75. The van der Waals surface area contributed by atoms with Crippen molar-refractivity contribution in [2.45, 2.75) is 20.4 Å². The molecule has 0 radical (unpaired) electrons. The van der Waals surface area contributed by atoms with Crippen LogP contribution in [0.2, 0.25) is 0 Å². The lowest BCUT2D eigenvalue weighted by atomic mass is 10.2. The molecule has 2 rings (SSSR count). The van der Waals surface area contributed by atoms with Crippen molar-refractivity contribution in [2.24, 2.45) is 0 Å². The van der Waals surface area contributed by atoms with Gasteiger partial charge >= 0.3 is 0 Å². The van der Waals surface area contributed by atoms with Gasteiger partial charge < -0.3 is 14.5 Å². The fourth-order valence-corrected chi connectivity index (χ4v) is 2.02. The van der Waals surface area contributed by atoms with Crippen molar-refractivity contribution >= 4 is 5.97 Å². The van der Waals surface area contributed by atoms with Gasteiger partial charge in [0, 0.05) is 23.5 Å². The standard InChI is InChI=1S/C14H14FNO2/c1-9-7-13(14(17)18)10(2)16(9)8-11-3-5-12(15)6-4-11/h3-7H,8H2,1-2H3,(H,17,18)/p-1. The van der Waals surface area contributed by atoms with Crippen LogP contribution in [0.5, 0.6) is 0 Å². The van der Waals surface area contributed by atoms with E-state index in [-0.39, 0.29) is 11.4 Å². The number of carbonyl (C=O) groups excluding carboxylic acids is 1. The summed E-state index contributed by atoms with van der Waals surface area (Å²) in [5, 5.41) is 10.9. The molecule has 0 aliphatic heterocycles. The van der Waals surface area contributed by atoms with Gasteiger partial charge in [0.1, 0.15) is 5.82 Å². The van der Waals surface area contributed by atoms with E-state index in [9.17, 15) is 14.3 Å². The first-order valence-electron chi connectivity index (χ1n) is 5.61. The van der Waals surface area contributed by atoms with Gasteiger partial charge in [0.15, 0.2) is 0 Å². The number of carboxylic acids is 1. The molecule has 18 heavy (non-hydrogen) atoms. The lowest BCUT2D eigenvalue weighted by molar-refractivity contribution is -0.255. The van der Waals surface area contributed by atoms with Crippen molar-refractivity contribution in [3.63, 3.8) is 0 Å². The fourth-order valence-electron chi connectivity index (χ4n) is 2.02. The summed E-state index contributed by atoms with van der Waals surface area (Å²) < 4.78 is 14.7. The van der Waals surface area contributed by atoms with Crippen LogP contribution in [0.4, 0.5) is 4.39 Å². The number of aromatic nitrogens is 1. The number of rotatable bonds is 3. The predicted octanol–water partition coefficient (Wildman–Crippen LogP) is 1.66. The Kier molecular flexibility index (Phi) is 3.19. The normalized spacial score (nSPS) is 10.6. The molecule has 0 aliphatic rings. The molecule has 0 aliphatic carbocycles. The maximum Gasteiger partial charge on any atom is 0.123 e. The third kappa shape index (κ3) is 2.27. The smallest absolute Gasteiger partial charge is 0.123 e. The van der Waals surface area contributed by atoms with Gasteiger partial charge in [-0.25, -0.2) is 4.39 Å². The van der Waals surface area contributed by atoms with Crippen LogP contribution in [0, 0.1) is 19.7 Å². The SMILES string of the molecule is Cc1cc(C(=O)[O-])c(C)n1Cc1ccc(F)cc1. The van der Waals surface area contributed by atoms with E-state index in [1.54, 1.807) is 25.1 Å². The number of aromatic carboxylic acids is 1. The molecule has 0 amide bonds. The second kappa shape index (κ2) is 4.64. The molecular weight excluding hydrogens is 233 g/mol. The van der Waals surface area contributed by atoms with Crippen molar-refractivity contribution in [3.8, 4) is 0 Å². The monoisotopic (exact) mass is 246 g/mol. The minimum absolute atomic E-state index is 0.203. The van der Waals surface area contributed by atoms with Gasteiger partial charge in [-0.05, 0) is 37.6 Å². The van der Waals surface area contributed by atoms with Crippen molar-refractivity contribution in [2.75, 3.05) is 0 Å². The Morgan fingerprint density at radius 2 is 1.89 bits per heavy atom. The zero-order chi connectivity index (χ0) is 13.3.